The third-order valence-corrected chi connectivity index (χ3v) is 3.19. The van der Waals surface area contributed by atoms with Gasteiger partial charge in [-0.25, -0.2) is 4.98 Å². The number of allylic oxidation sites excluding steroid dienone is 1. The maximum absolute atomic E-state index is 11.1. The molecule has 0 bridgehead atoms. The summed E-state index contributed by atoms with van der Waals surface area (Å²) < 4.78 is 11.3. The Morgan fingerprint density at radius 1 is 1.30 bits per heavy atom. The smallest absolute Gasteiger partial charge is 0.163 e. The van der Waals surface area contributed by atoms with E-state index in [0.717, 1.165) is 5.56 Å². The number of aromatic nitrogens is 1. The number of fused-ring (bicyclic) bond motifs is 1. The van der Waals surface area contributed by atoms with Crippen LogP contribution >= 0.6 is 0 Å². The Bertz CT molecular complexity index is 576. The van der Waals surface area contributed by atoms with E-state index < -0.39 is 5.79 Å². The number of nitrogens with zero attached hydrogens (tertiary/aromatic N) is 1. The normalized spacial score (nSPS) is 17.8. The fraction of sp³-hybridized carbons (Fsp3) is 0.467. The number of ketones is 1. The molecule has 1 aliphatic rings. The Morgan fingerprint density at radius 2 is 1.90 bits per heavy atom. The molecule has 0 aromatic carbocycles. The number of carbonyl (C=O) groups is 1. The lowest BCUT2D eigenvalue weighted by atomic mass is 10.0. The maximum Gasteiger partial charge on any atom is 0.163 e. The van der Waals surface area contributed by atoms with Gasteiger partial charge in [-0.15, -0.1) is 0 Å². The van der Waals surface area contributed by atoms with E-state index in [-0.39, 0.29) is 24.7 Å². The summed E-state index contributed by atoms with van der Waals surface area (Å²) in [6.07, 6.45) is 3.10. The zero-order chi connectivity index (χ0) is 14.9. The van der Waals surface area contributed by atoms with Gasteiger partial charge in [0, 0.05) is 11.1 Å². The first-order valence-corrected chi connectivity index (χ1v) is 6.48. The molecule has 0 aliphatic carbocycles. The Hall–Kier alpha value is -1.72. The highest BCUT2D eigenvalue weighted by Gasteiger charge is 2.27. The standard InChI is InChI=1S/C15H19NO4/c1-9(17)5-6-13-11-7-19-15(3,4)20-8-12(11)14(18)10(2)16-13/h5-6,18H,7-8H2,1-4H3/b6-5+. The summed E-state index contributed by atoms with van der Waals surface area (Å²) in [5, 5.41) is 10.2. The van der Waals surface area contributed by atoms with Gasteiger partial charge in [0.2, 0.25) is 0 Å². The van der Waals surface area contributed by atoms with Crippen LogP contribution in [0.2, 0.25) is 0 Å². The number of hydrogen-bond acceptors (Lipinski definition) is 5. The van der Waals surface area contributed by atoms with Crippen LogP contribution in [0.15, 0.2) is 6.08 Å². The minimum Gasteiger partial charge on any atom is -0.506 e. The molecule has 108 valence electrons. The largest absolute Gasteiger partial charge is 0.506 e. The fourth-order valence-corrected chi connectivity index (χ4v) is 2.00. The minimum atomic E-state index is -0.721. The number of pyridine rings is 1. The van der Waals surface area contributed by atoms with Gasteiger partial charge in [-0.3, -0.25) is 4.79 Å². The van der Waals surface area contributed by atoms with Crippen LogP contribution in [0.25, 0.3) is 6.08 Å². The molecule has 0 fully saturated rings. The van der Waals surface area contributed by atoms with Crippen LogP contribution in [-0.4, -0.2) is 21.7 Å². The number of aromatic hydroxyl groups is 1. The summed E-state index contributed by atoms with van der Waals surface area (Å²) in [7, 11) is 0. The molecule has 1 aliphatic heterocycles. The molecule has 0 unspecified atom stereocenters. The van der Waals surface area contributed by atoms with Crippen LogP contribution in [0.1, 0.15) is 43.3 Å². The molecule has 5 nitrogen and oxygen atoms in total. The van der Waals surface area contributed by atoms with Crippen molar-refractivity contribution in [3.63, 3.8) is 0 Å². The molecule has 0 atom stereocenters. The highest BCUT2D eigenvalue weighted by Crippen LogP contribution is 2.33. The predicted molar refractivity (Wildman–Crippen MR) is 74.0 cm³/mol. The lowest BCUT2D eigenvalue weighted by Crippen LogP contribution is -2.25. The van der Waals surface area contributed by atoms with Crippen molar-refractivity contribution in [3.8, 4) is 5.75 Å². The highest BCUT2D eigenvalue weighted by molar-refractivity contribution is 5.91. The molecule has 0 amide bonds. The van der Waals surface area contributed by atoms with Crippen LogP contribution in [0, 0.1) is 6.92 Å². The first kappa shape index (κ1) is 14.7. The second kappa shape index (κ2) is 5.34. The lowest BCUT2D eigenvalue weighted by Gasteiger charge is -2.22. The van der Waals surface area contributed by atoms with E-state index in [9.17, 15) is 9.90 Å². The van der Waals surface area contributed by atoms with Gasteiger partial charge in [-0.1, -0.05) is 0 Å². The van der Waals surface area contributed by atoms with Gasteiger partial charge in [-0.2, -0.15) is 0 Å². The van der Waals surface area contributed by atoms with Crippen LogP contribution < -0.4 is 0 Å². The van der Waals surface area contributed by atoms with Crippen LogP contribution in [0.5, 0.6) is 5.75 Å². The zero-order valence-corrected chi connectivity index (χ0v) is 12.2. The summed E-state index contributed by atoms with van der Waals surface area (Å²) in [5.41, 5.74) is 2.57. The molecule has 20 heavy (non-hydrogen) atoms. The van der Waals surface area contributed by atoms with Crippen LogP contribution in [0.4, 0.5) is 0 Å². The molecule has 1 N–H and O–H groups in total. The third-order valence-electron chi connectivity index (χ3n) is 3.19. The Labute approximate surface area is 118 Å². The SMILES string of the molecule is CC(=O)/C=C/c1nc(C)c(O)c2c1COC(C)(C)OC2. The molecule has 0 radical (unpaired) electrons. The van der Waals surface area contributed by atoms with Gasteiger partial charge in [-0.05, 0) is 39.8 Å². The molecule has 0 saturated carbocycles. The van der Waals surface area contributed by atoms with Crippen molar-refractivity contribution in [2.45, 2.75) is 46.7 Å². The van der Waals surface area contributed by atoms with E-state index in [4.69, 9.17) is 9.47 Å². The summed E-state index contributed by atoms with van der Waals surface area (Å²) >= 11 is 0. The van der Waals surface area contributed by atoms with Crippen molar-refractivity contribution >= 4 is 11.9 Å². The molecular weight excluding hydrogens is 258 g/mol. The second-order valence-corrected chi connectivity index (χ2v) is 5.31. The first-order chi connectivity index (χ1) is 9.30. The molecular formula is C15H19NO4. The topological polar surface area (TPSA) is 68.7 Å². The maximum atomic E-state index is 11.1. The molecule has 2 rings (SSSR count). The van der Waals surface area contributed by atoms with Crippen molar-refractivity contribution in [1.82, 2.24) is 4.98 Å². The quantitative estimate of drug-likeness (QED) is 0.841. The van der Waals surface area contributed by atoms with Crippen molar-refractivity contribution in [2.75, 3.05) is 0 Å². The van der Waals surface area contributed by atoms with Crippen molar-refractivity contribution in [1.29, 1.82) is 0 Å². The molecule has 0 saturated heterocycles. The summed E-state index contributed by atoms with van der Waals surface area (Å²) in [4.78, 5) is 15.4. The number of hydrogen-bond donors (Lipinski definition) is 1. The van der Waals surface area contributed by atoms with Gasteiger partial charge in [0.1, 0.15) is 5.75 Å². The molecule has 5 heteroatoms. The van der Waals surface area contributed by atoms with Crippen LogP contribution in [-0.2, 0) is 27.5 Å². The lowest BCUT2D eigenvalue weighted by molar-refractivity contribution is -0.219. The van der Waals surface area contributed by atoms with Gasteiger partial charge in [0.05, 0.1) is 24.6 Å². The fourth-order valence-electron chi connectivity index (χ4n) is 2.00. The van der Waals surface area contributed by atoms with Gasteiger partial charge < -0.3 is 14.6 Å². The monoisotopic (exact) mass is 277 g/mol. The van der Waals surface area contributed by atoms with Gasteiger partial charge >= 0.3 is 0 Å². The zero-order valence-electron chi connectivity index (χ0n) is 12.2. The number of aryl methyl sites for hydroxylation is 1. The Morgan fingerprint density at radius 3 is 2.50 bits per heavy atom. The van der Waals surface area contributed by atoms with Crippen LogP contribution in [0.3, 0.4) is 0 Å². The highest BCUT2D eigenvalue weighted by atomic mass is 16.7. The Kier molecular flexibility index (Phi) is 3.92. The van der Waals surface area contributed by atoms with E-state index >= 15 is 0 Å². The summed E-state index contributed by atoms with van der Waals surface area (Å²) in [6.45, 7) is 7.37. The number of rotatable bonds is 2. The van der Waals surface area contributed by atoms with E-state index in [0.29, 0.717) is 17.0 Å². The average molecular weight is 277 g/mol. The molecule has 0 spiro atoms. The Balaban J connectivity index is 2.51. The van der Waals surface area contributed by atoms with Gasteiger partial charge in [0.15, 0.2) is 11.6 Å². The van der Waals surface area contributed by atoms with Crippen molar-refractivity contribution < 1.29 is 19.4 Å². The van der Waals surface area contributed by atoms with Crippen molar-refractivity contribution in [3.05, 3.63) is 28.6 Å². The molecule has 2 heterocycles. The molecule has 1 aromatic rings. The van der Waals surface area contributed by atoms with E-state index in [1.165, 1.54) is 13.0 Å². The first-order valence-electron chi connectivity index (χ1n) is 6.48. The van der Waals surface area contributed by atoms with E-state index in [2.05, 4.69) is 4.98 Å². The predicted octanol–water partition coefficient (Wildman–Crippen LogP) is 2.48. The third kappa shape index (κ3) is 3.05. The minimum absolute atomic E-state index is 0.0580. The summed E-state index contributed by atoms with van der Waals surface area (Å²) in [6, 6.07) is 0. The average Bonchev–Trinajstić information content (AvgIpc) is 2.51. The molecule has 1 aromatic heterocycles. The number of carbonyl (C=O) groups excluding carboxylic acids is 1. The second-order valence-electron chi connectivity index (χ2n) is 5.31. The van der Waals surface area contributed by atoms with Crippen molar-refractivity contribution in [2.24, 2.45) is 0 Å². The van der Waals surface area contributed by atoms with E-state index in [1.807, 2.05) is 13.8 Å². The number of ether oxygens (including phenoxy) is 2. The summed E-state index contributed by atoms with van der Waals surface area (Å²) in [5.74, 6) is -0.653. The van der Waals surface area contributed by atoms with E-state index in [1.54, 1.807) is 13.0 Å². The van der Waals surface area contributed by atoms with Gasteiger partial charge in [0.25, 0.3) is 0 Å².